The second-order valence-electron chi connectivity index (χ2n) is 5.21. The van der Waals surface area contributed by atoms with Crippen LogP contribution in [-0.4, -0.2) is 21.8 Å². The smallest absolute Gasteiger partial charge is 0.286 e. The molecule has 2 heterocycles. The van der Waals surface area contributed by atoms with Gasteiger partial charge in [0.2, 0.25) is 5.91 Å². The lowest BCUT2D eigenvalue weighted by atomic mass is 10.2. The highest BCUT2D eigenvalue weighted by atomic mass is 35.5. The number of halogens is 1. The van der Waals surface area contributed by atoms with E-state index in [1.165, 1.54) is 0 Å². The van der Waals surface area contributed by atoms with Crippen molar-refractivity contribution in [3.63, 3.8) is 0 Å². The van der Waals surface area contributed by atoms with E-state index in [9.17, 15) is 9.59 Å². The Morgan fingerprint density at radius 3 is 2.68 bits per heavy atom. The first-order chi connectivity index (χ1) is 12.1. The van der Waals surface area contributed by atoms with Crippen LogP contribution in [0.1, 0.15) is 22.8 Å². The molecule has 8 heteroatoms. The van der Waals surface area contributed by atoms with Crippen molar-refractivity contribution in [1.29, 1.82) is 0 Å². The summed E-state index contributed by atoms with van der Waals surface area (Å²) in [6, 6.07) is 10.5. The van der Waals surface area contributed by atoms with Gasteiger partial charge < -0.3 is 9.40 Å². The van der Waals surface area contributed by atoms with Crippen LogP contribution in [0.3, 0.4) is 0 Å². The first-order valence-corrected chi connectivity index (χ1v) is 7.93. The number of oxazole rings is 1. The minimum atomic E-state index is -0.417. The van der Waals surface area contributed by atoms with Crippen molar-refractivity contribution < 1.29 is 14.0 Å². The number of nitrogens with one attached hydrogen (secondary N) is 3. The highest BCUT2D eigenvalue weighted by molar-refractivity contribution is 6.30. The zero-order chi connectivity index (χ0) is 17.6. The molecule has 3 N–H and O–H groups in total. The topological polar surface area (TPSA) is 100 Å². The third-order valence-electron chi connectivity index (χ3n) is 3.41. The highest BCUT2D eigenvalue weighted by Gasteiger charge is 2.11. The van der Waals surface area contributed by atoms with Crippen molar-refractivity contribution in [3.05, 3.63) is 65.4 Å². The molecule has 25 heavy (non-hydrogen) atoms. The molecule has 0 radical (unpaired) electrons. The lowest BCUT2D eigenvalue weighted by Gasteiger charge is -2.05. The van der Waals surface area contributed by atoms with Gasteiger partial charge in [0.05, 0.1) is 6.20 Å². The number of benzene rings is 1. The van der Waals surface area contributed by atoms with Gasteiger partial charge in [0, 0.05) is 29.6 Å². The Morgan fingerprint density at radius 1 is 1.16 bits per heavy atom. The second-order valence-corrected chi connectivity index (χ2v) is 5.65. The van der Waals surface area contributed by atoms with Crippen molar-refractivity contribution in [1.82, 2.24) is 20.8 Å². The standard InChI is InChI=1S/C17H15ClN4O3/c18-12-5-3-11(4-6-12)14-10-20-16(25-14)8-7-15(23)21-22-17(24)13-2-1-9-19-13/h1-6,9-10,19H,7-8H2,(H,21,23)(H,22,24). The number of aromatic amines is 1. The normalized spacial score (nSPS) is 10.4. The van der Waals surface area contributed by atoms with Crippen LogP contribution in [0.2, 0.25) is 5.02 Å². The van der Waals surface area contributed by atoms with Gasteiger partial charge in [-0.1, -0.05) is 11.6 Å². The number of rotatable bonds is 5. The van der Waals surface area contributed by atoms with Crippen molar-refractivity contribution in [2.75, 3.05) is 0 Å². The molecule has 0 unspecified atom stereocenters. The number of aryl methyl sites for hydroxylation is 1. The Morgan fingerprint density at radius 2 is 1.96 bits per heavy atom. The molecule has 0 atom stereocenters. The summed E-state index contributed by atoms with van der Waals surface area (Å²) < 4.78 is 5.62. The summed E-state index contributed by atoms with van der Waals surface area (Å²) in [7, 11) is 0. The van der Waals surface area contributed by atoms with E-state index < -0.39 is 5.91 Å². The zero-order valence-electron chi connectivity index (χ0n) is 13.1. The summed E-state index contributed by atoms with van der Waals surface area (Å²) in [4.78, 5) is 30.4. The van der Waals surface area contributed by atoms with E-state index in [2.05, 4.69) is 20.8 Å². The first-order valence-electron chi connectivity index (χ1n) is 7.55. The Balaban J connectivity index is 1.48. The molecule has 2 amide bonds. The largest absolute Gasteiger partial charge is 0.441 e. The van der Waals surface area contributed by atoms with Crippen LogP contribution in [-0.2, 0) is 11.2 Å². The Kier molecular flexibility index (Phi) is 5.15. The fourth-order valence-corrected chi connectivity index (χ4v) is 2.25. The summed E-state index contributed by atoms with van der Waals surface area (Å²) >= 11 is 5.85. The SMILES string of the molecule is O=C(CCc1ncc(-c2ccc(Cl)cc2)o1)NNC(=O)c1ccc[nH]1. The average Bonchev–Trinajstić information content (AvgIpc) is 3.30. The molecule has 0 aliphatic carbocycles. The van der Waals surface area contributed by atoms with Gasteiger partial charge in [-0.3, -0.25) is 20.4 Å². The fraction of sp³-hybridized carbons (Fsp3) is 0.118. The van der Waals surface area contributed by atoms with Gasteiger partial charge in [-0.25, -0.2) is 4.98 Å². The molecule has 3 aromatic rings. The Labute approximate surface area is 148 Å². The zero-order valence-corrected chi connectivity index (χ0v) is 13.8. The van der Waals surface area contributed by atoms with Crippen LogP contribution in [0, 0.1) is 0 Å². The summed E-state index contributed by atoms with van der Waals surface area (Å²) in [5.74, 6) is 0.286. The number of hydrazine groups is 1. The van der Waals surface area contributed by atoms with E-state index in [1.54, 1.807) is 36.7 Å². The van der Waals surface area contributed by atoms with Crippen LogP contribution in [0.15, 0.2) is 53.2 Å². The van der Waals surface area contributed by atoms with Crippen molar-refractivity contribution in [3.8, 4) is 11.3 Å². The van der Waals surface area contributed by atoms with Gasteiger partial charge in [-0.15, -0.1) is 0 Å². The molecule has 128 valence electrons. The molecule has 3 rings (SSSR count). The number of nitrogens with zero attached hydrogens (tertiary/aromatic N) is 1. The third-order valence-corrected chi connectivity index (χ3v) is 3.66. The minimum absolute atomic E-state index is 0.131. The molecule has 0 aliphatic heterocycles. The molecule has 0 bridgehead atoms. The van der Waals surface area contributed by atoms with Crippen LogP contribution in [0.25, 0.3) is 11.3 Å². The number of carbonyl (C=O) groups is 2. The monoisotopic (exact) mass is 358 g/mol. The summed E-state index contributed by atoms with van der Waals surface area (Å²) in [5, 5.41) is 0.640. The number of hydrogen-bond acceptors (Lipinski definition) is 4. The van der Waals surface area contributed by atoms with Crippen LogP contribution < -0.4 is 10.9 Å². The number of aromatic nitrogens is 2. The average molecular weight is 359 g/mol. The molecule has 1 aromatic carbocycles. The quantitative estimate of drug-likeness (QED) is 0.610. The van der Waals surface area contributed by atoms with E-state index in [0.717, 1.165) is 5.56 Å². The van der Waals surface area contributed by atoms with Gasteiger partial charge in [-0.2, -0.15) is 0 Å². The second kappa shape index (κ2) is 7.67. The van der Waals surface area contributed by atoms with Crippen molar-refractivity contribution in [2.24, 2.45) is 0 Å². The molecule has 0 spiro atoms. The van der Waals surface area contributed by atoms with Gasteiger partial charge >= 0.3 is 0 Å². The maximum Gasteiger partial charge on any atom is 0.286 e. The Bertz CT molecular complexity index is 856. The predicted molar refractivity (Wildman–Crippen MR) is 91.7 cm³/mol. The minimum Gasteiger partial charge on any atom is -0.441 e. The van der Waals surface area contributed by atoms with Gasteiger partial charge in [-0.05, 0) is 36.4 Å². The van der Waals surface area contributed by atoms with Crippen molar-refractivity contribution in [2.45, 2.75) is 12.8 Å². The summed E-state index contributed by atoms with van der Waals surface area (Å²) in [6.07, 6.45) is 3.67. The maximum absolute atomic E-state index is 11.8. The molecule has 7 nitrogen and oxygen atoms in total. The molecule has 2 aromatic heterocycles. The van der Waals surface area contributed by atoms with Gasteiger partial charge in [0.15, 0.2) is 11.7 Å². The van der Waals surface area contributed by atoms with E-state index in [1.807, 2.05) is 12.1 Å². The Hall–Kier alpha value is -3.06. The van der Waals surface area contributed by atoms with Gasteiger partial charge in [0.1, 0.15) is 5.69 Å². The summed E-state index contributed by atoms with van der Waals surface area (Å²) in [6.45, 7) is 0. The van der Waals surface area contributed by atoms with Crippen LogP contribution in [0.5, 0.6) is 0 Å². The lowest BCUT2D eigenvalue weighted by Crippen LogP contribution is -2.41. The van der Waals surface area contributed by atoms with Gasteiger partial charge in [0.25, 0.3) is 5.91 Å². The van der Waals surface area contributed by atoms with E-state index >= 15 is 0 Å². The first kappa shape index (κ1) is 16.8. The maximum atomic E-state index is 11.8. The molecular formula is C17H15ClN4O3. The molecule has 0 fully saturated rings. The lowest BCUT2D eigenvalue weighted by molar-refractivity contribution is -0.121. The third kappa shape index (κ3) is 4.48. The molecule has 0 saturated heterocycles. The molecular weight excluding hydrogens is 344 g/mol. The van der Waals surface area contributed by atoms with E-state index in [-0.39, 0.29) is 12.3 Å². The molecule has 0 saturated carbocycles. The molecule has 0 aliphatic rings. The number of hydrogen-bond donors (Lipinski definition) is 3. The van der Waals surface area contributed by atoms with E-state index in [0.29, 0.717) is 28.8 Å². The number of H-pyrrole nitrogens is 1. The van der Waals surface area contributed by atoms with E-state index in [4.69, 9.17) is 16.0 Å². The number of amides is 2. The summed E-state index contributed by atoms with van der Waals surface area (Å²) in [5.41, 5.74) is 5.88. The highest BCUT2D eigenvalue weighted by Crippen LogP contribution is 2.22. The van der Waals surface area contributed by atoms with Crippen LogP contribution >= 0.6 is 11.6 Å². The van der Waals surface area contributed by atoms with Crippen LogP contribution in [0.4, 0.5) is 0 Å². The predicted octanol–water partition coefficient (Wildman–Crippen LogP) is 2.72. The fourth-order valence-electron chi connectivity index (χ4n) is 2.12. The number of carbonyl (C=O) groups excluding carboxylic acids is 2. The van der Waals surface area contributed by atoms with Crippen molar-refractivity contribution >= 4 is 23.4 Å².